The molecular weight excluding hydrogens is 408 g/mol. The van der Waals surface area contributed by atoms with Gasteiger partial charge in [-0.15, -0.1) is 0 Å². The van der Waals surface area contributed by atoms with E-state index in [2.05, 4.69) is 18.7 Å². The van der Waals surface area contributed by atoms with Gasteiger partial charge in [0.25, 0.3) is 5.69 Å². The summed E-state index contributed by atoms with van der Waals surface area (Å²) in [7, 11) is 0. The molecule has 0 atom stereocenters. The fourth-order valence-electron chi connectivity index (χ4n) is 3.87. The van der Waals surface area contributed by atoms with Crippen LogP contribution in [0.4, 0.5) is 5.69 Å². The highest BCUT2D eigenvalue weighted by molar-refractivity contribution is 6.15. The molecule has 2 aromatic rings. The number of carbonyl (C=O) groups is 1. The number of carbonyl (C=O) groups excluding carboxylic acids is 1. The molecule has 32 heavy (non-hydrogen) atoms. The van der Waals surface area contributed by atoms with Crippen molar-refractivity contribution in [2.45, 2.75) is 53.0 Å². The van der Waals surface area contributed by atoms with E-state index in [-0.39, 0.29) is 23.0 Å². The lowest BCUT2D eigenvalue weighted by atomic mass is 9.99. The minimum absolute atomic E-state index is 0.0562. The van der Waals surface area contributed by atoms with Gasteiger partial charge in [0.15, 0.2) is 5.76 Å². The maximum atomic E-state index is 13.1. The van der Waals surface area contributed by atoms with Gasteiger partial charge in [-0.2, -0.15) is 0 Å². The largest absolute Gasteiger partial charge is 0.507 e. The summed E-state index contributed by atoms with van der Waals surface area (Å²) >= 11 is 0. The molecule has 7 heteroatoms. The first kappa shape index (κ1) is 23.5. The summed E-state index contributed by atoms with van der Waals surface area (Å²) in [6, 6.07) is 7.66. The van der Waals surface area contributed by atoms with Gasteiger partial charge in [0, 0.05) is 18.7 Å². The third-order valence-corrected chi connectivity index (χ3v) is 5.64. The monoisotopic (exact) mass is 438 g/mol. The fraction of sp³-hybridized carbons (Fsp3) is 0.400. The van der Waals surface area contributed by atoms with Crippen LogP contribution in [0.5, 0.6) is 11.5 Å². The van der Waals surface area contributed by atoms with Gasteiger partial charge in [0.1, 0.15) is 11.5 Å². The lowest BCUT2D eigenvalue weighted by molar-refractivity contribution is -0.384. The van der Waals surface area contributed by atoms with Crippen LogP contribution in [0, 0.1) is 17.0 Å². The quantitative estimate of drug-likeness (QED) is 0.294. The number of benzene rings is 2. The number of phenols is 1. The Bertz CT molecular complexity index is 1040. The van der Waals surface area contributed by atoms with Gasteiger partial charge < -0.3 is 9.84 Å². The number of hydrogen-bond donors (Lipinski definition) is 1. The maximum Gasteiger partial charge on any atom is 0.270 e. The first-order valence-electron chi connectivity index (χ1n) is 11.1. The number of hydrogen-bond acceptors (Lipinski definition) is 6. The molecule has 1 N–H and O–H groups in total. The molecular formula is C25H30N2O5. The van der Waals surface area contributed by atoms with E-state index in [1.165, 1.54) is 18.2 Å². The molecule has 3 rings (SSSR count). The number of rotatable bonds is 10. The van der Waals surface area contributed by atoms with Crippen LogP contribution in [0.15, 0.2) is 36.1 Å². The average molecular weight is 439 g/mol. The lowest BCUT2D eigenvalue weighted by Gasteiger charge is -2.23. The molecule has 0 amide bonds. The summed E-state index contributed by atoms with van der Waals surface area (Å²) in [5.74, 6) is 0.328. The smallest absolute Gasteiger partial charge is 0.270 e. The SMILES string of the molecule is CCCCN(CCCC)Cc1c(O)cc(C)c2c1O/C(=C/c1cccc([N+](=O)[O-])c1)C2=O. The van der Waals surface area contributed by atoms with Crippen molar-refractivity contribution in [2.24, 2.45) is 0 Å². The number of nitro benzene ring substituents is 1. The minimum Gasteiger partial charge on any atom is -0.507 e. The fourth-order valence-corrected chi connectivity index (χ4v) is 3.87. The van der Waals surface area contributed by atoms with Crippen LogP contribution < -0.4 is 4.74 Å². The molecule has 0 unspecified atom stereocenters. The Balaban J connectivity index is 1.96. The molecule has 1 aliphatic heterocycles. The van der Waals surface area contributed by atoms with Crippen molar-refractivity contribution in [1.29, 1.82) is 0 Å². The van der Waals surface area contributed by atoms with Crippen molar-refractivity contribution >= 4 is 17.5 Å². The van der Waals surface area contributed by atoms with Crippen LogP contribution in [0.2, 0.25) is 0 Å². The van der Waals surface area contributed by atoms with Gasteiger partial charge in [-0.25, -0.2) is 0 Å². The van der Waals surface area contributed by atoms with Crippen molar-refractivity contribution in [3.05, 3.63) is 68.5 Å². The van der Waals surface area contributed by atoms with Gasteiger partial charge >= 0.3 is 0 Å². The van der Waals surface area contributed by atoms with Gasteiger partial charge in [-0.1, -0.05) is 38.8 Å². The molecule has 0 aromatic heterocycles. The summed E-state index contributed by atoms with van der Waals surface area (Å²) in [5, 5.41) is 21.8. The summed E-state index contributed by atoms with van der Waals surface area (Å²) in [4.78, 5) is 26.0. The number of unbranched alkanes of at least 4 members (excludes halogenated alkanes) is 2. The predicted molar refractivity (Wildman–Crippen MR) is 124 cm³/mol. The topological polar surface area (TPSA) is 92.9 Å². The van der Waals surface area contributed by atoms with E-state index in [0.717, 1.165) is 38.8 Å². The highest BCUT2D eigenvalue weighted by Crippen LogP contribution is 2.42. The number of aryl methyl sites for hydroxylation is 1. The number of phenolic OH excluding ortho intramolecular Hbond substituents is 1. The Morgan fingerprint density at radius 2 is 1.84 bits per heavy atom. The zero-order chi connectivity index (χ0) is 23.3. The van der Waals surface area contributed by atoms with Crippen LogP contribution in [0.1, 0.15) is 66.6 Å². The second-order valence-electron chi connectivity index (χ2n) is 8.17. The van der Waals surface area contributed by atoms with E-state index < -0.39 is 4.92 Å². The molecule has 7 nitrogen and oxygen atoms in total. The van der Waals surface area contributed by atoms with E-state index >= 15 is 0 Å². The molecule has 0 saturated heterocycles. The van der Waals surface area contributed by atoms with Gasteiger partial charge in [-0.05, 0) is 56.1 Å². The molecule has 0 spiro atoms. The van der Waals surface area contributed by atoms with Gasteiger partial charge in [0.05, 0.1) is 16.1 Å². The van der Waals surface area contributed by atoms with Crippen molar-refractivity contribution in [2.75, 3.05) is 13.1 Å². The zero-order valence-electron chi connectivity index (χ0n) is 18.9. The Morgan fingerprint density at radius 1 is 1.16 bits per heavy atom. The van der Waals surface area contributed by atoms with Crippen molar-refractivity contribution in [3.8, 4) is 11.5 Å². The van der Waals surface area contributed by atoms with Crippen LogP contribution in [0.3, 0.4) is 0 Å². The Labute approximate surface area is 188 Å². The van der Waals surface area contributed by atoms with E-state index in [0.29, 0.717) is 34.5 Å². The highest BCUT2D eigenvalue weighted by atomic mass is 16.6. The lowest BCUT2D eigenvalue weighted by Crippen LogP contribution is -2.26. The average Bonchev–Trinajstić information content (AvgIpc) is 3.08. The Morgan fingerprint density at radius 3 is 2.47 bits per heavy atom. The number of nitrogens with zero attached hydrogens (tertiary/aromatic N) is 2. The number of allylic oxidation sites excluding steroid dienone is 1. The molecule has 1 heterocycles. The van der Waals surface area contributed by atoms with Crippen LogP contribution in [-0.2, 0) is 6.54 Å². The van der Waals surface area contributed by atoms with E-state index in [1.54, 1.807) is 25.1 Å². The number of fused-ring (bicyclic) bond motifs is 1. The number of ether oxygens (including phenoxy) is 1. The third-order valence-electron chi connectivity index (χ3n) is 5.64. The first-order valence-corrected chi connectivity index (χ1v) is 11.1. The van der Waals surface area contributed by atoms with E-state index in [9.17, 15) is 20.0 Å². The molecule has 0 radical (unpaired) electrons. The van der Waals surface area contributed by atoms with Gasteiger partial charge in [-0.3, -0.25) is 19.8 Å². The highest BCUT2D eigenvalue weighted by Gasteiger charge is 2.33. The predicted octanol–water partition coefficient (Wildman–Crippen LogP) is 5.63. The molecule has 170 valence electrons. The first-order chi connectivity index (χ1) is 15.3. The summed E-state index contributed by atoms with van der Waals surface area (Å²) in [6.45, 7) is 8.36. The number of ketones is 1. The molecule has 0 bridgehead atoms. The molecule has 0 fully saturated rings. The molecule has 1 aliphatic rings. The molecule has 0 saturated carbocycles. The second kappa shape index (κ2) is 10.4. The summed E-state index contributed by atoms with van der Waals surface area (Å²) in [5.41, 5.74) is 2.14. The standard InChI is InChI=1S/C25H30N2O5/c1-4-6-11-26(12-7-5-2)16-20-21(28)13-17(3)23-24(29)22(32-25(20)23)15-18-9-8-10-19(14-18)27(30)31/h8-10,13-15,28H,4-7,11-12,16H2,1-3H3/b22-15+. The Kier molecular flexibility index (Phi) is 7.64. The van der Waals surface area contributed by atoms with E-state index in [4.69, 9.17) is 4.74 Å². The summed E-state index contributed by atoms with van der Waals surface area (Å²) < 4.78 is 5.98. The van der Waals surface area contributed by atoms with Crippen molar-refractivity contribution < 1.29 is 19.6 Å². The normalized spacial score (nSPS) is 14.1. The number of nitro groups is 1. The van der Waals surface area contributed by atoms with Crippen LogP contribution in [0.25, 0.3) is 6.08 Å². The number of aromatic hydroxyl groups is 1. The zero-order valence-corrected chi connectivity index (χ0v) is 18.9. The van der Waals surface area contributed by atoms with Gasteiger partial charge in [0.2, 0.25) is 5.78 Å². The third kappa shape index (κ3) is 5.16. The minimum atomic E-state index is -0.477. The number of Topliss-reactive ketones (excluding diaryl/α,β-unsaturated/α-hetero) is 1. The van der Waals surface area contributed by atoms with Crippen LogP contribution in [-0.4, -0.2) is 33.8 Å². The molecule has 0 aliphatic carbocycles. The van der Waals surface area contributed by atoms with Crippen molar-refractivity contribution in [1.82, 2.24) is 4.90 Å². The van der Waals surface area contributed by atoms with Crippen LogP contribution >= 0.6 is 0 Å². The summed E-state index contributed by atoms with van der Waals surface area (Å²) in [6.07, 6.45) is 5.77. The van der Waals surface area contributed by atoms with E-state index in [1.807, 2.05) is 0 Å². The molecule has 2 aromatic carbocycles. The number of non-ortho nitro benzene ring substituents is 1. The maximum absolute atomic E-state index is 13.1. The Hall–Kier alpha value is -3.19. The second-order valence-corrected chi connectivity index (χ2v) is 8.17. The van der Waals surface area contributed by atoms with Crippen molar-refractivity contribution in [3.63, 3.8) is 0 Å².